The standard InChI is InChI=1S/C58H36BN5/c1-5-19-37(20-6-1)60(38-21-7-2-8-22-38)41-35-50-52-51(36-41)64-54-45(58-56(64)43-28-14-16-34-49(43)62(58)40-25-11-4-12-26-40)30-18-32-47(54)59(52)46-31-17-29-44-53(46)63(50)55-42-27-13-15-33-48(42)61(57(44)55)39-23-9-3-10-24-39/h1-36H. The molecule has 0 saturated heterocycles. The molecule has 2 aliphatic rings. The molecule has 0 spiro atoms. The average molecular weight is 814 g/mol. The minimum Gasteiger partial charge on any atom is -0.310 e. The van der Waals surface area contributed by atoms with Crippen LogP contribution in [0.3, 0.4) is 0 Å². The van der Waals surface area contributed by atoms with Crippen LogP contribution in [0.5, 0.6) is 0 Å². The zero-order chi connectivity index (χ0) is 41.6. The van der Waals surface area contributed by atoms with Crippen molar-refractivity contribution in [2.45, 2.75) is 0 Å². The smallest absolute Gasteiger partial charge is 0.252 e. The summed E-state index contributed by atoms with van der Waals surface area (Å²) in [6.45, 7) is -0.000702. The Morgan fingerprint density at radius 3 is 1.12 bits per heavy atom. The molecule has 9 aromatic carbocycles. The van der Waals surface area contributed by atoms with Crippen LogP contribution in [0.25, 0.3) is 88.4 Å². The van der Waals surface area contributed by atoms with Crippen molar-refractivity contribution in [2.75, 3.05) is 4.90 Å². The van der Waals surface area contributed by atoms with Gasteiger partial charge in [0.1, 0.15) is 0 Å². The molecule has 296 valence electrons. The molecule has 0 saturated carbocycles. The first kappa shape index (κ1) is 34.2. The highest BCUT2D eigenvalue weighted by Crippen LogP contribution is 2.47. The van der Waals surface area contributed by atoms with Crippen LogP contribution in [-0.4, -0.2) is 25.0 Å². The third-order valence-electron chi connectivity index (χ3n) is 14.1. The summed E-state index contributed by atoms with van der Waals surface area (Å²) in [5, 5.41) is 4.98. The number of para-hydroxylation sites is 8. The van der Waals surface area contributed by atoms with Crippen molar-refractivity contribution < 1.29 is 0 Å². The van der Waals surface area contributed by atoms with Gasteiger partial charge in [0, 0.05) is 55.7 Å². The van der Waals surface area contributed by atoms with E-state index in [2.05, 4.69) is 242 Å². The molecule has 5 nitrogen and oxygen atoms in total. The summed E-state index contributed by atoms with van der Waals surface area (Å²) in [7, 11) is 0. The van der Waals surface area contributed by atoms with Crippen LogP contribution in [0.4, 0.5) is 17.1 Å². The molecule has 4 aromatic heterocycles. The fourth-order valence-electron chi connectivity index (χ4n) is 11.7. The number of nitrogens with zero attached hydrogens (tertiary/aromatic N) is 5. The molecule has 0 unspecified atom stereocenters. The summed E-state index contributed by atoms with van der Waals surface area (Å²) in [6, 6.07) is 80.4. The Labute approximate surface area is 368 Å². The normalized spacial score (nSPS) is 12.7. The molecule has 0 N–H and O–H groups in total. The summed E-state index contributed by atoms with van der Waals surface area (Å²) >= 11 is 0. The third kappa shape index (κ3) is 4.29. The second-order valence-electron chi connectivity index (χ2n) is 17.3. The SMILES string of the molecule is c1ccc(N(c2ccccc2)c2cc3c4c(c2)-n2c5c(cccc5c5c2c2ccccc2n5-c2ccccc2)B4c2cccc4c2n-3c2c3ccccc3n(-c3ccccc3)c42)cc1. The van der Waals surface area contributed by atoms with Crippen LogP contribution < -0.4 is 21.3 Å². The predicted molar refractivity (Wildman–Crippen MR) is 268 cm³/mol. The minimum absolute atomic E-state index is 0.000702. The van der Waals surface area contributed by atoms with Crippen LogP contribution in [0.2, 0.25) is 0 Å². The second-order valence-corrected chi connectivity index (χ2v) is 17.3. The van der Waals surface area contributed by atoms with Gasteiger partial charge in [-0.25, -0.2) is 0 Å². The lowest BCUT2D eigenvalue weighted by Crippen LogP contribution is -2.59. The average Bonchev–Trinajstić information content (AvgIpc) is 4.09. The number of fused-ring (bicyclic) bond motifs is 14. The van der Waals surface area contributed by atoms with Crippen molar-refractivity contribution in [3.8, 4) is 22.7 Å². The molecule has 0 atom stereocenters. The molecular formula is C58H36BN5. The second kappa shape index (κ2) is 12.6. The monoisotopic (exact) mass is 813 g/mol. The van der Waals surface area contributed by atoms with E-state index in [-0.39, 0.29) is 6.71 Å². The topological polar surface area (TPSA) is 23.0 Å². The Morgan fingerprint density at radius 1 is 0.297 bits per heavy atom. The van der Waals surface area contributed by atoms with Crippen LogP contribution in [0, 0.1) is 0 Å². The zero-order valence-corrected chi connectivity index (χ0v) is 34.6. The Balaban J connectivity index is 1.17. The number of aromatic nitrogens is 4. The highest BCUT2D eigenvalue weighted by atomic mass is 15.2. The van der Waals surface area contributed by atoms with E-state index in [4.69, 9.17) is 0 Å². The molecule has 0 aliphatic carbocycles. The van der Waals surface area contributed by atoms with Crippen molar-refractivity contribution in [1.82, 2.24) is 18.3 Å². The van der Waals surface area contributed by atoms with Crippen LogP contribution in [0.1, 0.15) is 0 Å². The summed E-state index contributed by atoms with van der Waals surface area (Å²) in [5.41, 5.74) is 21.9. The number of hydrogen-bond donors (Lipinski definition) is 0. The maximum absolute atomic E-state index is 2.63. The quantitative estimate of drug-likeness (QED) is 0.159. The number of rotatable bonds is 5. The van der Waals surface area contributed by atoms with Gasteiger partial charge in [-0.3, -0.25) is 0 Å². The van der Waals surface area contributed by atoms with Crippen molar-refractivity contribution in [3.63, 3.8) is 0 Å². The molecule has 13 aromatic rings. The van der Waals surface area contributed by atoms with Crippen LogP contribution in [-0.2, 0) is 0 Å². The predicted octanol–water partition coefficient (Wildman–Crippen LogP) is 12.4. The Kier molecular flexibility index (Phi) is 6.70. The van der Waals surface area contributed by atoms with Gasteiger partial charge in [0.15, 0.2) is 0 Å². The summed E-state index contributed by atoms with van der Waals surface area (Å²) in [4.78, 5) is 2.43. The first-order valence-corrected chi connectivity index (χ1v) is 22.2. The minimum atomic E-state index is -0.000702. The van der Waals surface area contributed by atoms with E-state index in [1.165, 1.54) is 93.4 Å². The van der Waals surface area contributed by atoms with Gasteiger partial charge in [-0.1, -0.05) is 146 Å². The Hall–Kier alpha value is -8.48. The zero-order valence-electron chi connectivity index (χ0n) is 34.6. The molecular weight excluding hydrogens is 777 g/mol. The molecule has 15 rings (SSSR count). The van der Waals surface area contributed by atoms with Crippen LogP contribution >= 0.6 is 0 Å². The number of anilines is 3. The lowest BCUT2D eigenvalue weighted by atomic mass is 9.34. The first-order valence-electron chi connectivity index (χ1n) is 22.2. The molecule has 0 bridgehead atoms. The number of hydrogen-bond acceptors (Lipinski definition) is 1. The van der Waals surface area contributed by atoms with E-state index < -0.39 is 0 Å². The molecule has 2 aliphatic heterocycles. The van der Waals surface area contributed by atoms with E-state index in [9.17, 15) is 0 Å². The van der Waals surface area contributed by atoms with E-state index >= 15 is 0 Å². The maximum Gasteiger partial charge on any atom is 0.252 e. The van der Waals surface area contributed by atoms with Crippen molar-refractivity contribution in [1.29, 1.82) is 0 Å². The highest BCUT2D eigenvalue weighted by Gasteiger charge is 2.43. The summed E-state index contributed by atoms with van der Waals surface area (Å²) in [6.07, 6.45) is 0. The molecule has 0 radical (unpaired) electrons. The molecule has 0 fully saturated rings. The van der Waals surface area contributed by atoms with Gasteiger partial charge in [-0.15, -0.1) is 0 Å². The van der Waals surface area contributed by atoms with Crippen molar-refractivity contribution >= 4 is 106 Å². The molecule has 6 heteroatoms. The Bertz CT molecular complexity index is 3800. The highest BCUT2D eigenvalue weighted by molar-refractivity contribution is 7.00. The van der Waals surface area contributed by atoms with Gasteiger partial charge in [-0.2, -0.15) is 0 Å². The van der Waals surface area contributed by atoms with Crippen molar-refractivity contribution in [2.24, 2.45) is 0 Å². The van der Waals surface area contributed by atoms with Gasteiger partial charge in [-0.05, 0) is 89.2 Å². The van der Waals surface area contributed by atoms with Gasteiger partial charge in [0.2, 0.25) is 0 Å². The van der Waals surface area contributed by atoms with Crippen LogP contribution in [0.15, 0.2) is 218 Å². The van der Waals surface area contributed by atoms with Gasteiger partial charge < -0.3 is 23.2 Å². The van der Waals surface area contributed by atoms with E-state index in [1.807, 2.05) is 0 Å². The maximum atomic E-state index is 2.63. The van der Waals surface area contributed by atoms with E-state index in [1.54, 1.807) is 0 Å². The molecule has 0 amide bonds. The fourth-order valence-corrected chi connectivity index (χ4v) is 11.7. The van der Waals surface area contributed by atoms with Gasteiger partial charge >= 0.3 is 0 Å². The largest absolute Gasteiger partial charge is 0.310 e. The number of benzene rings is 9. The summed E-state index contributed by atoms with van der Waals surface area (Å²) in [5.74, 6) is 0. The molecule has 6 heterocycles. The Morgan fingerprint density at radius 2 is 0.672 bits per heavy atom. The first-order chi connectivity index (χ1) is 31.8. The van der Waals surface area contributed by atoms with E-state index in [0.717, 1.165) is 28.4 Å². The fraction of sp³-hybridized carbons (Fsp3) is 0. The lowest BCUT2D eigenvalue weighted by Gasteiger charge is -2.35. The third-order valence-corrected chi connectivity index (χ3v) is 14.1. The lowest BCUT2D eigenvalue weighted by molar-refractivity contribution is 1.14. The van der Waals surface area contributed by atoms with Crippen molar-refractivity contribution in [3.05, 3.63) is 218 Å². The van der Waals surface area contributed by atoms with E-state index in [0.29, 0.717) is 0 Å². The summed E-state index contributed by atoms with van der Waals surface area (Å²) < 4.78 is 10.2. The van der Waals surface area contributed by atoms with Gasteiger partial charge in [0.05, 0.1) is 49.8 Å². The van der Waals surface area contributed by atoms with Gasteiger partial charge in [0.25, 0.3) is 6.71 Å². The molecule has 64 heavy (non-hydrogen) atoms.